The van der Waals surface area contributed by atoms with Crippen molar-refractivity contribution in [2.24, 2.45) is 5.92 Å². The number of nitrogens with one attached hydrogen (secondary N) is 2. The zero-order valence-electron chi connectivity index (χ0n) is 14.4. The van der Waals surface area contributed by atoms with Crippen molar-refractivity contribution < 1.29 is 26.4 Å². The van der Waals surface area contributed by atoms with Gasteiger partial charge in [-0.05, 0) is 25.3 Å². The normalized spacial score (nSPS) is 16.3. The SMILES string of the molecule is CCCS(=O)(=O)Nc1ncc(C(F)(F)F)cc1NC(=O)C1CCCCC1. The number of pyridine rings is 1. The molecule has 146 valence electrons. The number of sulfonamides is 1. The minimum absolute atomic E-state index is 0.203. The Hall–Kier alpha value is -1.84. The molecule has 0 spiro atoms. The highest BCUT2D eigenvalue weighted by molar-refractivity contribution is 7.92. The Morgan fingerprint density at radius 3 is 2.50 bits per heavy atom. The van der Waals surface area contributed by atoms with Crippen LogP contribution in [0.4, 0.5) is 24.7 Å². The lowest BCUT2D eigenvalue weighted by molar-refractivity contribution is -0.137. The van der Waals surface area contributed by atoms with Gasteiger partial charge in [0.05, 0.1) is 17.0 Å². The van der Waals surface area contributed by atoms with Crippen LogP contribution in [0.25, 0.3) is 0 Å². The molecule has 1 aromatic rings. The number of carbonyl (C=O) groups excluding carboxylic acids is 1. The first kappa shape index (κ1) is 20.5. The zero-order chi connectivity index (χ0) is 19.4. The monoisotopic (exact) mass is 393 g/mol. The molecule has 0 aromatic carbocycles. The first-order chi connectivity index (χ1) is 12.1. The summed E-state index contributed by atoms with van der Waals surface area (Å²) >= 11 is 0. The molecule has 26 heavy (non-hydrogen) atoms. The molecule has 1 aromatic heterocycles. The molecule has 1 heterocycles. The lowest BCUT2D eigenvalue weighted by Gasteiger charge is -2.22. The minimum atomic E-state index is -4.65. The number of rotatable bonds is 6. The predicted octanol–water partition coefficient (Wildman–Crippen LogP) is 3.77. The van der Waals surface area contributed by atoms with E-state index in [2.05, 4.69) is 15.0 Å². The van der Waals surface area contributed by atoms with Crippen molar-refractivity contribution in [1.82, 2.24) is 4.98 Å². The van der Waals surface area contributed by atoms with Crippen LogP contribution >= 0.6 is 0 Å². The number of carbonyl (C=O) groups is 1. The van der Waals surface area contributed by atoms with E-state index in [9.17, 15) is 26.4 Å². The molecule has 1 fully saturated rings. The molecule has 10 heteroatoms. The zero-order valence-corrected chi connectivity index (χ0v) is 15.2. The van der Waals surface area contributed by atoms with E-state index in [4.69, 9.17) is 0 Å². The van der Waals surface area contributed by atoms with Crippen molar-refractivity contribution in [2.75, 3.05) is 15.8 Å². The van der Waals surface area contributed by atoms with E-state index in [0.717, 1.165) is 19.3 Å². The van der Waals surface area contributed by atoms with Crippen LogP contribution in [0.15, 0.2) is 12.3 Å². The molecule has 0 radical (unpaired) electrons. The molecule has 1 amide bonds. The number of halogens is 3. The molecule has 6 nitrogen and oxygen atoms in total. The van der Waals surface area contributed by atoms with Gasteiger partial charge in [0, 0.05) is 12.1 Å². The summed E-state index contributed by atoms with van der Waals surface area (Å²) in [5.74, 6) is -1.22. The number of hydrogen-bond acceptors (Lipinski definition) is 4. The number of amides is 1. The van der Waals surface area contributed by atoms with E-state index in [0.29, 0.717) is 31.5 Å². The van der Waals surface area contributed by atoms with Crippen LogP contribution in [0.1, 0.15) is 51.0 Å². The van der Waals surface area contributed by atoms with Crippen LogP contribution in [0.2, 0.25) is 0 Å². The average Bonchev–Trinajstić information content (AvgIpc) is 2.56. The number of anilines is 2. The fourth-order valence-electron chi connectivity index (χ4n) is 2.86. The molecule has 2 rings (SSSR count). The molecular weight excluding hydrogens is 371 g/mol. The third-order valence-corrected chi connectivity index (χ3v) is 5.62. The van der Waals surface area contributed by atoms with Crippen LogP contribution in [-0.2, 0) is 21.0 Å². The van der Waals surface area contributed by atoms with Crippen molar-refractivity contribution in [3.63, 3.8) is 0 Å². The van der Waals surface area contributed by atoms with Crippen LogP contribution in [-0.4, -0.2) is 25.1 Å². The van der Waals surface area contributed by atoms with Gasteiger partial charge in [-0.25, -0.2) is 13.4 Å². The van der Waals surface area contributed by atoms with Crippen molar-refractivity contribution in [1.29, 1.82) is 0 Å². The summed E-state index contributed by atoms with van der Waals surface area (Å²) in [5, 5.41) is 2.43. The Labute approximate surface area is 150 Å². The first-order valence-corrected chi connectivity index (χ1v) is 10.2. The van der Waals surface area contributed by atoms with Crippen LogP contribution in [0, 0.1) is 5.92 Å². The van der Waals surface area contributed by atoms with Crippen molar-refractivity contribution >= 4 is 27.4 Å². The third kappa shape index (κ3) is 5.58. The van der Waals surface area contributed by atoms with Crippen LogP contribution < -0.4 is 10.0 Å². The lowest BCUT2D eigenvalue weighted by atomic mass is 9.88. The average molecular weight is 393 g/mol. The predicted molar refractivity (Wildman–Crippen MR) is 92.1 cm³/mol. The Bertz CT molecular complexity index is 745. The van der Waals surface area contributed by atoms with Crippen molar-refractivity contribution in [3.8, 4) is 0 Å². The molecule has 2 N–H and O–H groups in total. The number of aromatic nitrogens is 1. The summed E-state index contributed by atoms with van der Waals surface area (Å²) in [6, 6.07) is 0.706. The van der Waals surface area contributed by atoms with Gasteiger partial charge in [-0.3, -0.25) is 9.52 Å². The summed E-state index contributed by atoms with van der Waals surface area (Å²) in [5.41, 5.74) is -1.34. The molecule has 0 saturated heterocycles. The molecular formula is C16H22F3N3O3S. The molecule has 1 aliphatic rings. The second kappa shape index (κ2) is 8.24. The summed E-state index contributed by atoms with van der Waals surface area (Å²) in [6.45, 7) is 1.66. The Balaban J connectivity index is 2.30. The number of alkyl halides is 3. The second-order valence-corrected chi connectivity index (χ2v) is 8.20. The molecule has 0 unspecified atom stereocenters. The van der Waals surface area contributed by atoms with E-state index in [-0.39, 0.29) is 23.2 Å². The van der Waals surface area contributed by atoms with E-state index in [1.165, 1.54) is 0 Å². The van der Waals surface area contributed by atoms with E-state index in [1.54, 1.807) is 6.92 Å². The van der Waals surface area contributed by atoms with Gasteiger partial charge in [-0.1, -0.05) is 26.2 Å². The molecule has 0 aliphatic heterocycles. The lowest BCUT2D eigenvalue weighted by Crippen LogP contribution is -2.26. The molecule has 1 saturated carbocycles. The number of hydrogen-bond donors (Lipinski definition) is 2. The van der Waals surface area contributed by atoms with Gasteiger partial charge in [0.2, 0.25) is 15.9 Å². The van der Waals surface area contributed by atoms with Gasteiger partial charge in [0.1, 0.15) is 0 Å². The van der Waals surface area contributed by atoms with Gasteiger partial charge in [-0.2, -0.15) is 13.2 Å². The number of nitrogens with zero attached hydrogens (tertiary/aromatic N) is 1. The second-order valence-electron chi connectivity index (χ2n) is 6.36. The summed E-state index contributed by atoms with van der Waals surface area (Å²) in [7, 11) is -3.76. The Kier molecular flexibility index (Phi) is 6.48. The van der Waals surface area contributed by atoms with E-state index in [1.807, 2.05) is 0 Å². The van der Waals surface area contributed by atoms with Crippen molar-refractivity contribution in [3.05, 3.63) is 17.8 Å². The Morgan fingerprint density at radius 2 is 1.92 bits per heavy atom. The van der Waals surface area contributed by atoms with Gasteiger partial charge in [0.25, 0.3) is 0 Å². The van der Waals surface area contributed by atoms with E-state index >= 15 is 0 Å². The molecule has 1 aliphatic carbocycles. The third-order valence-electron chi connectivity index (χ3n) is 4.17. The van der Waals surface area contributed by atoms with Crippen LogP contribution in [0.3, 0.4) is 0 Å². The maximum atomic E-state index is 13.0. The maximum absolute atomic E-state index is 13.0. The maximum Gasteiger partial charge on any atom is 0.417 e. The highest BCUT2D eigenvalue weighted by Gasteiger charge is 2.33. The molecule has 0 atom stereocenters. The molecule has 0 bridgehead atoms. The van der Waals surface area contributed by atoms with Crippen LogP contribution in [0.5, 0.6) is 0 Å². The largest absolute Gasteiger partial charge is 0.417 e. The summed E-state index contributed by atoms with van der Waals surface area (Å²) in [4.78, 5) is 16.0. The quantitative estimate of drug-likeness (QED) is 0.770. The van der Waals surface area contributed by atoms with E-state index < -0.39 is 27.7 Å². The minimum Gasteiger partial charge on any atom is -0.323 e. The fraction of sp³-hybridized carbons (Fsp3) is 0.625. The fourth-order valence-corrected chi connectivity index (χ4v) is 3.96. The van der Waals surface area contributed by atoms with Gasteiger partial charge >= 0.3 is 6.18 Å². The first-order valence-electron chi connectivity index (χ1n) is 8.51. The topological polar surface area (TPSA) is 88.2 Å². The smallest absolute Gasteiger partial charge is 0.323 e. The van der Waals surface area contributed by atoms with Gasteiger partial charge < -0.3 is 5.32 Å². The van der Waals surface area contributed by atoms with Gasteiger partial charge in [0.15, 0.2) is 5.82 Å². The Morgan fingerprint density at radius 1 is 1.27 bits per heavy atom. The van der Waals surface area contributed by atoms with Crippen molar-refractivity contribution in [2.45, 2.75) is 51.6 Å². The highest BCUT2D eigenvalue weighted by atomic mass is 32.2. The summed E-state index contributed by atoms with van der Waals surface area (Å²) < 4.78 is 64.9. The highest BCUT2D eigenvalue weighted by Crippen LogP contribution is 2.34. The summed E-state index contributed by atoms with van der Waals surface area (Å²) in [6.07, 6.45) is 0.336. The van der Waals surface area contributed by atoms with Gasteiger partial charge in [-0.15, -0.1) is 0 Å². The standard InChI is InChI=1S/C16H22F3N3O3S/c1-2-8-26(24,25)22-14-13(9-12(10-20-14)16(17,18)19)21-15(23)11-6-4-3-5-7-11/h9-11H,2-8H2,1H3,(H,20,22)(H,21,23).